The minimum atomic E-state index is -0.955. The first-order chi connectivity index (χ1) is 38.1. The largest absolute Gasteiger partial charge is 0.379 e. The molecule has 0 spiro atoms. The van der Waals surface area contributed by atoms with E-state index in [1.807, 2.05) is 115 Å². The molecule has 0 saturated carbocycles. The Morgan fingerprint density at radius 2 is 1.38 bits per heavy atom. The molecule has 19 nitrogen and oxygen atoms in total. The fraction of sp³-hybridized carbons (Fsp3) is 0.623. The number of nitrogens with one attached hydrogen (secondary N) is 5. The molecular formula is C61H96N10O9. The summed E-state index contributed by atoms with van der Waals surface area (Å²) in [4.78, 5) is 103. The Hall–Kier alpha value is -5.99. The summed E-state index contributed by atoms with van der Waals surface area (Å²) in [6.07, 6.45) is 11.3. The molecule has 2 unspecified atom stereocenters. The quantitative estimate of drug-likeness (QED) is 0.0455. The number of nitrogens with two attached hydrogens (primary N) is 2. The van der Waals surface area contributed by atoms with Gasteiger partial charge in [-0.25, -0.2) is 0 Å². The van der Waals surface area contributed by atoms with Crippen LogP contribution in [-0.4, -0.2) is 159 Å². The van der Waals surface area contributed by atoms with Crippen molar-refractivity contribution in [3.05, 3.63) is 84.5 Å². The number of unbranched alkanes of at least 4 members (excludes halogenated alkanes) is 1. The van der Waals surface area contributed by atoms with E-state index in [2.05, 4.69) is 26.6 Å². The van der Waals surface area contributed by atoms with Crippen molar-refractivity contribution in [2.24, 2.45) is 41.1 Å². The third-order valence-electron chi connectivity index (χ3n) is 15.8. The second-order valence-corrected chi connectivity index (χ2v) is 22.8. The molecule has 2 aliphatic rings. The second kappa shape index (κ2) is 33.1. The number of rotatable bonds is 32. The third kappa shape index (κ3) is 19.3. The number of likely N-dealkylation sites (tertiary alicyclic amines) is 1. The van der Waals surface area contributed by atoms with Crippen molar-refractivity contribution < 1.29 is 43.0 Å². The van der Waals surface area contributed by atoms with E-state index in [1.165, 1.54) is 7.11 Å². The molecule has 1 saturated heterocycles. The highest BCUT2D eigenvalue weighted by molar-refractivity contribution is 5.99. The van der Waals surface area contributed by atoms with Crippen molar-refractivity contribution >= 4 is 52.7 Å². The SMILES string of the molecule is CC[C@H](C)[C@@H]([C@@H](CC(=O)N1CCC[C@H]1[C@H](OC)[C@@H](C)C(=O)NC(CC1C=CC=CC1)C(=O)Nc1ccc(NC(=O)[C@H](CCCCN)NC(=O)[C@@H](N)Cc2ccccc2)cc1)OC)N(C)C(=O)[C@@H](NC(=O)[C@H](C(C)C)N(C)C)C(C)C. The van der Waals surface area contributed by atoms with E-state index in [-0.39, 0.29) is 47.8 Å². The van der Waals surface area contributed by atoms with E-state index >= 15 is 0 Å². The van der Waals surface area contributed by atoms with Crippen LogP contribution in [0.1, 0.15) is 112 Å². The number of hydrogen-bond donors (Lipinski definition) is 7. The fourth-order valence-electron chi connectivity index (χ4n) is 11.2. The summed E-state index contributed by atoms with van der Waals surface area (Å²) < 4.78 is 12.2. The number of allylic oxidation sites excluding steroid dienone is 4. The monoisotopic (exact) mass is 1110 g/mol. The van der Waals surface area contributed by atoms with E-state index in [1.54, 1.807) is 55.1 Å². The van der Waals surface area contributed by atoms with Gasteiger partial charge in [-0.3, -0.25) is 38.5 Å². The number of amides is 7. The summed E-state index contributed by atoms with van der Waals surface area (Å²) in [5, 5.41) is 14.7. The van der Waals surface area contributed by atoms with Gasteiger partial charge in [0.1, 0.15) is 18.1 Å². The highest BCUT2D eigenvalue weighted by atomic mass is 16.5. The normalized spacial score (nSPS) is 19.0. The molecule has 80 heavy (non-hydrogen) atoms. The molecule has 1 aliphatic carbocycles. The predicted octanol–water partition coefficient (Wildman–Crippen LogP) is 5.40. The van der Waals surface area contributed by atoms with Crippen LogP contribution in [0.25, 0.3) is 0 Å². The van der Waals surface area contributed by atoms with E-state index in [0.29, 0.717) is 82.3 Å². The first-order valence-electron chi connectivity index (χ1n) is 28.8. The van der Waals surface area contributed by atoms with Gasteiger partial charge in [-0.15, -0.1) is 0 Å². The molecule has 9 N–H and O–H groups in total. The molecule has 19 heteroatoms. The average Bonchev–Trinajstić information content (AvgIpc) is 3.92. The van der Waals surface area contributed by atoms with Gasteiger partial charge < -0.3 is 57.3 Å². The van der Waals surface area contributed by atoms with Crippen molar-refractivity contribution in [1.29, 1.82) is 0 Å². The van der Waals surface area contributed by atoms with Crippen LogP contribution in [-0.2, 0) is 49.5 Å². The third-order valence-corrected chi connectivity index (χ3v) is 15.8. The number of likely N-dealkylation sites (N-methyl/N-ethyl adjacent to an activating group) is 2. The zero-order valence-electron chi connectivity index (χ0n) is 49.7. The fourth-order valence-corrected chi connectivity index (χ4v) is 11.2. The Morgan fingerprint density at radius 3 is 1.91 bits per heavy atom. The summed E-state index contributed by atoms with van der Waals surface area (Å²) in [5.74, 6) is -3.51. The van der Waals surface area contributed by atoms with Gasteiger partial charge in [-0.1, -0.05) is 110 Å². The van der Waals surface area contributed by atoms with E-state index in [9.17, 15) is 33.6 Å². The lowest BCUT2D eigenvalue weighted by molar-refractivity contribution is -0.148. The lowest BCUT2D eigenvalue weighted by Gasteiger charge is -2.41. The predicted molar refractivity (Wildman–Crippen MR) is 315 cm³/mol. The Bertz CT molecular complexity index is 2360. The number of nitrogens with zero attached hydrogens (tertiary/aromatic N) is 3. The van der Waals surface area contributed by atoms with Crippen molar-refractivity contribution in [3.63, 3.8) is 0 Å². The highest BCUT2D eigenvalue weighted by Crippen LogP contribution is 2.30. The maximum atomic E-state index is 14.6. The number of benzene rings is 2. The summed E-state index contributed by atoms with van der Waals surface area (Å²) in [7, 11) is 8.48. The molecule has 1 fully saturated rings. The van der Waals surface area contributed by atoms with Crippen LogP contribution in [0, 0.1) is 29.6 Å². The van der Waals surface area contributed by atoms with Gasteiger partial charge in [0.05, 0.1) is 48.7 Å². The summed E-state index contributed by atoms with van der Waals surface area (Å²) in [5.41, 5.74) is 13.8. The Kier molecular flexibility index (Phi) is 27.5. The van der Waals surface area contributed by atoms with Crippen molar-refractivity contribution in [1.82, 2.24) is 30.7 Å². The van der Waals surface area contributed by atoms with Gasteiger partial charge in [0.25, 0.3) is 0 Å². The van der Waals surface area contributed by atoms with Gasteiger partial charge in [-0.2, -0.15) is 0 Å². The molecule has 7 amide bonds. The summed E-state index contributed by atoms with van der Waals surface area (Å²) >= 11 is 0. The lowest BCUT2D eigenvalue weighted by Crippen LogP contribution is -2.59. The number of carbonyl (C=O) groups excluding carboxylic acids is 7. The maximum Gasteiger partial charge on any atom is 0.246 e. The Labute approximate surface area is 476 Å². The van der Waals surface area contributed by atoms with E-state index in [0.717, 1.165) is 5.56 Å². The molecule has 12 atom stereocenters. The zero-order chi connectivity index (χ0) is 59.2. The minimum absolute atomic E-state index is 0.0116. The van der Waals surface area contributed by atoms with Gasteiger partial charge in [-0.05, 0) is 126 Å². The molecular weight excluding hydrogens is 1020 g/mol. The smallest absolute Gasteiger partial charge is 0.246 e. The molecule has 0 radical (unpaired) electrons. The van der Waals surface area contributed by atoms with Crippen LogP contribution >= 0.6 is 0 Å². The standard InChI is InChI=1S/C61H96N10O9/c1-13-40(6)54(70(10)61(78)52(38(2)3)68-60(77)53(39(4)5)69(8)9)50(79-11)37-51(72)71-34-22-28-49(71)55(80-12)41(7)56(73)67-48(36-43-25-18-15-19-26-43)59(76)65-45-31-29-44(30-32-45)64-58(75)47(27-20-21-33-62)66-57(74)46(63)35-42-23-16-14-17-24-42/h14-19,23-25,29-32,38-41,43,46-50,52-55H,13,20-22,26-28,33-37,62-63H2,1-12H3,(H,64,75)(H,65,76)(H,66,74)(H,67,73)(H,68,77)/t40-,41+,43?,46-,47-,48?,49-,50+,52-,53-,54-,55+/m0/s1. The summed E-state index contributed by atoms with van der Waals surface area (Å²) in [6, 6.07) is 11.1. The van der Waals surface area contributed by atoms with E-state index in [4.69, 9.17) is 20.9 Å². The zero-order valence-corrected chi connectivity index (χ0v) is 49.7. The molecule has 2 aromatic rings. The second-order valence-electron chi connectivity index (χ2n) is 22.8. The highest BCUT2D eigenvalue weighted by Gasteiger charge is 2.44. The Balaban J connectivity index is 1.46. The van der Waals surface area contributed by atoms with Crippen LogP contribution in [0.4, 0.5) is 11.4 Å². The first kappa shape index (κ1) is 66.5. The Morgan fingerprint density at radius 1 is 0.750 bits per heavy atom. The van der Waals surface area contributed by atoms with Crippen molar-refractivity contribution in [3.8, 4) is 0 Å². The molecule has 444 valence electrons. The molecule has 0 aromatic heterocycles. The molecule has 0 bridgehead atoms. The van der Waals surface area contributed by atoms with Crippen LogP contribution in [0.5, 0.6) is 0 Å². The molecule has 1 aliphatic heterocycles. The van der Waals surface area contributed by atoms with Crippen molar-refractivity contribution in [2.75, 3.05) is 59.1 Å². The van der Waals surface area contributed by atoms with Gasteiger partial charge in [0.15, 0.2) is 0 Å². The molecule has 2 aromatic carbocycles. The molecule has 1 heterocycles. The molecule has 4 rings (SSSR count). The topological polar surface area (TPSA) is 260 Å². The van der Waals surface area contributed by atoms with Gasteiger partial charge in [0.2, 0.25) is 41.4 Å². The number of methoxy groups -OCH3 is 2. The van der Waals surface area contributed by atoms with Gasteiger partial charge in [0, 0.05) is 39.2 Å². The average molecular weight is 1110 g/mol. The van der Waals surface area contributed by atoms with Crippen LogP contribution in [0.2, 0.25) is 0 Å². The maximum absolute atomic E-state index is 14.6. The lowest BCUT2D eigenvalue weighted by atomic mass is 9.89. The van der Waals surface area contributed by atoms with Gasteiger partial charge >= 0.3 is 0 Å². The number of carbonyl (C=O) groups is 7. The first-order valence-corrected chi connectivity index (χ1v) is 28.8. The minimum Gasteiger partial charge on any atom is -0.379 e. The number of hydrogen-bond acceptors (Lipinski definition) is 12. The van der Waals surface area contributed by atoms with E-state index < -0.39 is 84.0 Å². The van der Waals surface area contributed by atoms with Crippen LogP contribution in [0.3, 0.4) is 0 Å². The van der Waals surface area contributed by atoms with Crippen molar-refractivity contribution in [2.45, 2.75) is 167 Å². The number of ether oxygens (including phenoxy) is 2. The van der Waals surface area contributed by atoms with Crippen LogP contribution in [0.15, 0.2) is 78.9 Å². The van der Waals surface area contributed by atoms with Crippen LogP contribution < -0.4 is 38.1 Å². The number of anilines is 2. The summed E-state index contributed by atoms with van der Waals surface area (Å²) in [6.45, 7) is 14.4.